The molecular formula is C29H36N2O4. The van der Waals surface area contributed by atoms with E-state index in [4.69, 9.17) is 4.74 Å². The molecule has 1 heterocycles. The summed E-state index contributed by atoms with van der Waals surface area (Å²) in [4.78, 5) is 30.2. The summed E-state index contributed by atoms with van der Waals surface area (Å²) < 4.78 is 5.52. The van der Waals surface area contributed by atoms with Gasteiger partial charge < -0.3 is 19.6 Å². The first-order chi connectivity index (χ1) is 16.8. The molecule has 2 aromatic carbocycles. The second-order valence-corrected chi connectivity index (χ2v) is 8.96. The molecular weight excluding hydrogens is 440 g/mol. The Morgan fingerprint density at radius 2 is 1.71 bits per heavy atom. The van der Waals surface area contributed by atoms with Gasteiger partial charge >= 0.3 is 0 Å². The van der Waals surface area contributed by atoms with Crippen LogP contribution in [0.5, 0.6) is 5.75 Å². The van der Waals surface area contributed by atoms with Crippen LogP contribution in [0, 0.1) is 0 Å². The highest BCUT2D eigenvalue weighted by molar-refractivity contribution is 6.46. The highest BCUT2D eigenvalue weighted by atomic mass is 16.5. The summed E-state index contributed by atoms with van der Waals surface area (Å²) in [5.74, 6) is -0.432. The number of hydrogen-bond acceptors (Lipinski definition) is 5. The number of nitrogens with zero attached hydrogens (tertiary/aromatic N) is 2. The number of likely N-dealkylation sites (N-methyl/N-ethyl adjacent to an activating group) is 1. The monoisotopic (exact) mass is 476 g/mol. The van der Waals surface area contributed by atoms with Gasteiger partial charge in [-0.1, -0.05) is 64.6 Å². The summed E-state index contributed by atoms with van der Waals surface area (Å²) >= 11 is 0. The van der Waals surface area contributed by atoms with Crippen molar-refractivity contribution in [2.45, 2.75) is 39.7 Å². The van der Waals surface area contributed by atoms with Crippen LogP contribution in [0.4, 0.5) is 0 Å². The predicted molar refractivity (Wildman–Crippen MR) is 139 cm³/mol. The van der Waals surface area contributed by atoms with Gasteiger partial charge in [-0.05, 0) is 54.4 Å². The molecule has 3 rings (SSSR count). The van der Waals surface area contributed by atoms with E-state index >= 15 is 0 Å². The van der Waals surface area contributed by atoms with Gasteiger partial charge in [0.15, 0.2) is 0 Å². The van der Waals surface area contributed by atoms with Crippen molar-refractivity contribution in [3.8, 4) is 5.75 Å². The maximum absolute atomic E-state index is 13.2. The van der Waals surface area contributed by atoms with E-state index in [9.17, 15) is 14.7 Å². The fourth-order valence-electron chi connectivity index (χ4n) is 4.33. The van der Waals surface area contributed by atoms with E-state index in [2.05, 4.69) is 39.2 Å². The zero-order valence-electron chi connectivity index (χ0n) is 21.2. The van der Waals surface area contributed by atoms with Gasteiger partial charge in [0.1, 0.15) is 18.1 Å². The molecule has 1 N–H and O–H groups in total. The molecule has 0 spiro atoms. The first-order valence-corrected chi connectivity index (χ1v) is 12.3. The van der Waals surface area contributed by atoms with Crippen molar-refractivity contribution < 1.29 is 19.4 Å². The second-order valence-electron chi connectivity index (χ2n) is 8.96. The average Bonchev–Trinajstić information content (AvgIpc) is 3.13. The lowest BCUT2D eigenvalue weighted by molar-refractivity contribution is -0.140. The molecule has 0 saturated carbocycles. The molecule has 0 unspecified atom stereocenters. The van der Waals surface area contributed by atoms with Crippen LogP contribution in [-0.2, 0) is 9.59 Å². The minimum Gasteiger partial charge on any atom is -0.507 e. The Hall–Kier alpha value is -3.38. The number of Topliss-reactive ketones (excluding diaryl/α,β-unsaturated/α-hetero) is 1. The van der Waals surface area contributed by atoms with E-state index in [0.29, 0.717) is 36.9 Å². The highest BCUT2D eigenvalue weighted by Crippen LogP contribution is 2.39. The maximum Gasteiger partial charge on any atom is 0.295 e. The third kappa shape index (κ3) is 5.82. The molecule has 1 aliphatic heterocycles. The molecule has 2 aromatic rings. The number of likely N-dealkylation sites (tertiary alicyclic amines) is 1. The predicted octanol–water partition coefficient (Wildman–Crippen LogP) is 5.14. The van der Waals surface area contributed by atoms with Gasteiger partial charge in [0.05, 0.1) is 11.6 Å². The Balaban J connectivity index is 2.04. The number of aliphatic hydroxyl groups excluding tert-OH is 1. The normalized spacial score (nSPS) is 17.4. The molecule has 1 atom stereocenters. The number of aliphatic hydroxyl groups is 1. The van der Waals surface area contributed by atoms with Crippen LogP contribution in [0.3, 0.4) is 0 Å². The number of carbonyl (C=O) groups is 2. The fraction of sp³-hybridized carbons (Fsp3) is 0.379. The fourth-order valence-corrected chi connectivity index (χ4v) is 4.33. The molecule has 1 aliphatic rings. The summed E-state index contributed by atoms with van der Waals surface area (Å²) in [7, 11) is 0. The molecule has 0 aromatic heterocycles. The van der Waals surface area contributed by atoms with Crippen molar-refractivity contribution in [2.24, 2.45) is 0 Å². The van der Waals surface area contributed by atoms with Crippen molar-refractivity contribution in [1.82, 2.24) is 9.80 Å². The van der Waals surface area contributed by atoms with Gasteiger partial charge in [0, 0.05) is 18.7 Å². The maximum atomic E-state index is 13.2. The molecule has 1 amide bonds. The summed E-state index contributed by atoms with van der Waals surface area (Å²) in [5, 5.41) is 11.3. The summed E-state index contributed by atoms with van der Waals surface area (Å²) in [6, 6.07) is 14.1. The van der Waals surface area contributed by atoms with Crippen molar-refractivity contribution in [1.29, 1.82) is 0 Å². The molecule has 0 bridgehead atoms. The van der Waals surface area contributed by atoms with E-state index in [1.807, 2.05) is 24.3 Å². The summed E-state index contributed by atoms with van der Waals surface area (Å²) in [6.07, 6.45) is 1.65. The minimum atomic E-state index is -0.660. The molecule has 0 radical (unpaired) electrons. The van der Waals surface area contributed by atoms with Crippen LogP contribution in [0.15, 0.2) is 66.8 Å². The van der Waals surface area contributed by atoms with E-state index in [1.165, 1.54) is 5.56 Å². The van der Waals surface area contributed by atoms with E-state index in [1.54, 1.807) is 35.2 Å². The van der Waals surface area contributed by atoms with Crippen LogP contribution < -0.4 is 4.74 Å². The lowest BCUT2D eigenvalue weighted by atomic mass is 9.93. The number of rotatable bonds is 11. The van der Waals surface area contributed by atoms with Gasteiger partial charge in [0.25, 0.3) is 11.7 Å². The molecule has 35 heavy (non-hydrogen) atoms. The van der Waals surface area contributed by atoms with Gasteiger partial charge in [-0.15, -0.1) is 0 Å². The topological polar surface area (TPSA) is 70.1 Å². The molecule has 186 valence electrons. The SMILES string of the molecule is C=CCOc1ccc(C(O)=C2C(=O)C(=O)N(CCN(CC)CC)[C@H]2c2ccc(C(C)C)cc2)cc1. The first kappa shape index (κ1) is 26.2. The Kier molecular flexibility index (Phi) is 8.88. The average molecular weight is 477 g/mol. The van der Waals surface area contributed by atoms with Crippen molar-refractivity contribution >= 4 is 17.4 Å². The number of benzene rings is 2. The van der Waals surface area contributed by atoms with Gasteiger partial charge in [-0.2, -0.15) is 0 Å². The number of carbonyl (C=O) groups excluding carboxylic acids is 2. The molecule has 1 saturated heterocycles. The van der Waals surface area contributed by atoms with Crippen molar-refractivity contribution in [3.05, 3.63) is 83.4 Å². The summed E-state index contributed by atoms with van der Waals surface area (Å²) in [6.45, 7) is 15.1. The standard InChI is InChI=1S/C29H36N2O4/c1-6-19-35-24-15-13-23(14-16-24)27(32)25-26(22-11-9-21(10-12-22)20(4)5)31(29(34)28(25)33)18-17-30(7-2)8-3/h6,9-16,20,26,32H,1,7-8,17-19H2,2-5H3/t26-/m0/s1. The van der Waals surface area contributed by atoms with Gasteiger partial charge in [0.2, 0.25) is 0 Å². The molecule has 0 aliphatic carbocycles. The van der Waals surface area contributed by atoms with Gasteiger partial charge in [-0.25, -0.2) is 0 Å². The van der Waals surface area contributed by atoms with Crippen molar-refractivity contribution in [2.75, 3.05) is 32.8 Å². The first-order valence-electron chi connectivity index (χ1n) is 12.3. The number of hydrogen-bond donors (Lipinski definition) is 1. The number of ketones is 1. The Labute approximate surface area is 208 Å². The van der Waals surface area contributed by atoms with Crippen molar-refractivity contribution in [3.63, 3.8) is 0 Å². The lowest BCUT2D eigenvalue weighted by Crippen LogP contribution is -2.38. The lowest BCUT2D eigenvalue weighted by Gasteiger charge is -2.28. The Morgan fingerprint density at radius 3 is 2.26 bits per heavy atom. The quantitative estimate of drug-likeness (QED) is 0.211. The number of amides is 1. The minimum absolute atomic E-state index is 0.117. The summed E-state index contributed by atoms with van der Waals surface area (Å²) in [5.41, 5.74) is 2.55. The van der Waals surface area contributed by atoms with Crippen LogP contribution in [-0.4, -0.2) is 59.4 Å². The van der Waals surface area contributed by atoms with E-state index in [-0.39, 0.29) is 11.3 Å². The third-order valence-corrected chi connectivity index (χ3v) is 6.51. The zero-order chi connectivity index (χ0) is 25.5. The second kappa shape index (κ2) is 11.8. The third-order valence-electron chi connectivity index (χ3n) is 6.51. The molecule has 6 heteroatoms. The Bertz CT molecular complexity index is 1070. The van der Waals surface area contributed by atoms with E-state index in [0.717, 1.165) is 18.7 Å². The molecule has 6 nitrogen and oxygen atoms in total. The highest BCUT2D eigenvalue weighted by Gasteiger charge is 2.45. The molecule has 1 fully saturated rings. The zero-order valence-corrected chi connectivity index (χ0v) is 21.2. The Morgan fingerprint density at radius 1 is 1.09 bits per heavy atom. The van der Waals surface area contributed by atoms with Crippen LogP contribution in [0.25, 0.3) is 5.76 Å². The van der Waals surface area contributed by atoms with E-state index < -0.39 is 17.7 Å². The van der Waals surface area contributed by atoms with Crippen LogP contribution in [0.1, 0.15) is 56.3 Å². The van der Waals surface area contributed by atoms with Gasteiger partial charge in [-0.3, -0.25) is 9.59 Å². The number of ether oxygens (including phenoxy) is 1. The smallest absolute Gasteiger partial charge is 0.295 e. The van der Waals surface area contributed by atoms with Crippen LogP contribution >= 0.6 is 0 Å². The largest absolute Gasteiger partial charge is 0.507 e. The van der Waals surface area contributed by atoms with Crippen LogP contribution in [0.2, 0.25) is 0 Å².